The van der Waals surface area contributed by atoms with E-state index in [9.17, 15) is 36.6 Å². The van der Waals surface area contributed by atoms with Gasteiger partial charge in [0.15, 0.2) is 29.3 Å². The molecule has 0 spiro atoms. The van der Waals surface area contributed by atoms with Crippen molar-refractivity contribution in [3.8, 4) is 11.7 Å². The molecule has 1 atom stereocenters. The Morgan fingerprint density at radius 1 is 1.28 bits per heavy atom. The molecule has 3 aromatic rings. The number of rotatable bonds is 8. The number of carbonyl (C=O) groups excluding carboxylic acids is 1. The maximum Gasteiger partial charge on any atom is 0.425 e. The molecule has 1 N–H and O–H groups in total. The first-order valence-corrected chi connectivity index (χ1v) is 10.3. The Balaban J connectivity index is 0.00000456. The fourth-order valence-electron chi connectivity index (χ4n) is 3.00. The van der Waals surface area contributed by atoms with Gasteiger partial charge in [-0.05, 0) is 26.0 Å². The number of alkyl halides is 3. The zero-order valence-corrected chi connectivity index (χ0v) is 20.4. The van der Waals surface area contributed by atoms with E-state index in [4.69, 9.17) is 16.3 Å². The summed E-state index contributed by atoms with van der Waals surface area (Å²) in [5.41, 5.74) is -1.76. The summed E-state index contributed by atoms with van der Waals surface area (Å²) in [5, 5.41) is 12.9. The van der Waals surface area contributed by atoms with Gasteiger partial charge in [-0.15, -0.1) is 5.10 Å². The molecule has 36 heavy (non-hydrogen) atoms. The Bertz CT molecular complexity index is 1330. The summed E-state index contributed by atoms with van der Waals surface area (Å²) in [5.74, 6) is -5.09. The second-order valence-corrected chi connectivity index (χ2v) is 7.52. The van der Waals surface area contributed by atoms with Crippen LogP contribution in [0.1, 0.15) is 35.6 Å². The molecule has 0 aliphatic heterocycles. The van der Waals surface area contributed by atoms with Crippen molar-refractivity contribution in [2.24, 2.45) is 0 Å². The molecule has 0 radical (unpaired) electrons. The van der Waals surface area contributed by atoms with Crippen molar-refractivity contribution < 1.29 is 36.6 Å². The van der Waals surface area contributed by atoms with Crippen molar-refractivity contribution in [1.82, 2.24) is 24.3 Å². The highest BCUT2D eigenvalue weighted by atomic mass is 35.5. The molecule has 0 saturated carbocycles. The van der Waals surface area contributed by atoms with Crippen LogP contribution < -0.4 is 10.4 Å². The molecule has 0 fully saturated rings. The highest BCUT2D eigenvalue weighted by molar-refractivity contribution is 7.59. The standard InChI is InChI=1S/C20H17ClF5N5O4.H2S/c1-3-30-15(8-32)29-31(19(30)34)17-13(23)6-12(18(28-17)35-9(2)20(24,25)26)14(33)5-10-4-11(22)7-27-16(10)21;/h4,6-7,9,32H,3,5,8H2,1-2H3;1H2/t9-;/m0./s1. The summed E-state index contributed by atoms with van der Waals surface area (Å²) in [6.45, 7) is 1.53. The van der Waals surface area contributed by atoms with Crippen LogP contribution in [-0.2, 0) is 19.6 Å². The molecule has 196 valence electrons. The predicted octanol–water partition coefficient (Wildman–Crippen LogP) is 3.14. The van der Waals surface area contributed by atoms with Crippen molar-refractivity contribution in [3.05, 3.63) is 62.6 Å². The van der Waals surface area contributed by atoms with E-state index in [0.717, 1.165) is 16.8 Å². The average Bonchev–Trinajstić information content (AvgIpc) is 3.11. The van der Waals surface area contributed by atoms with Gasteiger partial charge in [-0.25, -0.2) is 18.6 Å². The van der Waals surface area contributed by atoms with Crippen LogP contribution in [0.4, 0.5) is 22.0 Å². The molecule has 0 amide bonds. The van der Waals surface area contributed by atoms with Crippen LogP contribution in [0.25, 0.3) is 5.82 Å². The fourth-order valence-corrected chi connectivity index (χ4v) is 3.17. The molecule has 0 aromatic carbocycles. The van der Waals surface area contributed by atoms with Gasteiger partial charge in [-0.3, -0.25) is 9.36 Å². The second kappa shape index (κ2) is 11.3. The molecule has 3 heterocycles. The van der Waals surface area contributed by atoms with Crippen LogP contribution in [0.15, 0.2) is 23.1 Å². The second-order valence-electron chi connectivity index (χ2n) is 7.16. The third-order valence-electron chi connectivity index (χ3n) is 4.80. The summed E-state index contributed by atoms with van der Waals surface area (Å²) in [7, 11) is 0. The Morgan fingerprint density at radius 2 is 1.94 bits per heavy atom. The Labute approximate surface area is 211 Å². The lowest BCUT2D eigenvalue weighted by atomic mass is 10.0. The number of aliphatic hydroxyl groups excluding tert-OH is 1. The van der Waals surface area contributed by atoms with Gasteiger partial charge in [0.1, 0.15) is 17.6 Å². The minimum Gasteiger partial charge on any atom is -0.464 e. The maximum atomic E-state index is 15.0. The van der Waals surface area contributed by atoms with Gasteiger partial charge in [0.05, 0.1) is 11.8 Å². The fraction of sp³-hybridized carbons (Fsp3) is 0.350. The van der Waals surface area contributed by atoms with Gasteiger partial charge in [0, 0.05) is 18.5 Å². The van der Waals surface area contributed by atoms with Crippen molar-refractivity contribution >= 4 is 30.9 Å². The maximum absolute atomic E-state index is 15.0. The molecular weight excluding hydrogens is 537 g/mol. The minimum absolute atomic E-state index is 0. The predicted molar refractivity (Wildman–Crippen MR) is 121 cm³/mol. The lowest BCUT2D eigenvalue weighted by Crippen LogP contribution is -2.32. The number of hydrogen-bond acceptors (Lipinski definition) is 7. The summed E-state index contributed by atoms with van der Waals surface area (Å²) >= 11 is 5.84. The third kappa shape index (κ3) is 6.02. The molecule has 3 rings (SSSR count). The normalized spacial score (nSPS) is 12.2. The number of carbonyl (C=O) groups is 1. The summed E-state index contributed by atoms with van der Waals surface area (Å²) in [6.07, 6.45) is -7.23. The first-order valence-electron chi connectivity index (χ1n) is 9.94. The number of nitrogens with zero attached hydrogens (tertiary/aromatic N) is 5. The van der Waals surface area contributed by atoms with Crippen LogP contribution in [0.2, 0.25) is 5.15 Å². The van der Waals surface area contributed by atoms with Gasteiger partial charge in [-0.2, -0.15) is 36.3 Å². The van der Waals surface area contributed by atoms with Gasteiger partial charge >= 0.3 is 11.9 Å². The summed E-state index contributed by atoms with van der Waals surface area (Å²) < 4.78 is 74.2. The number of halogens is 6. The van der Waals surface area contributed by atoms with Crippen molar-refractivity contribution in [3.63, 3.8) is 0 Å². The van der Waals surface area contributed by atoms with E-state index in [-0.39, 0.29) is 36.6 Å². The molecule has 0 bridgehead atoms. The molecule has 9 nitrogen and oxygen atoms in total. The van der Waals surface area contributed by atoms with Gasteiger partial charge in [-0.1, -0.05) is 11.6 Å². The van der Waals surface area contributed by atoms with E-state index in [1.165, 1.54) is 0 Å². The first kappa shape index (κ1) is 29.2. The lowest BCUT2D eigenvalue weighted by Gasteiger charge is -2.19. The summed E-state index contributed by atoms with van der Waals surface area (Å²) in [4.78, 5) is 32.6. The van der Waals surface area contributed by atoms with Crippen LogP contribution in [-0.4, -0.2) is 47.5 Å². The Morgan fingerprint density at radius 3 is 2.50 bits per heavy atom. The van der Waals surface area contributed by atoms with E-state index in [1.54, 1.807) is 6.92 Å². The highest BCUT2D eigenvalue weighted by Crippen LogP contribution is 2.29. The molecule has 0 saturated heterocycles. The summed E-state index contributed by atoms with van der Waals surface area (Å²) in [6, 6.07) is 1.41. The number of aromatic nitrogens is 5. The number of hydrogen-bond donors (Lipinski definition) is 1. The minimum atomic E-state index is -4.88. The van der Waals surface area contributed by atoms with Crippen LogP contribution >= 0.6 is 25.1 Å². The molecule has 3 aromatic heterocycles. The number of aliphatic hydroxyl groups is 1. The first-order chi connectivity index (χ1) is 16.4. The third-order valence-corrected chi connectivity index (χ3v) is 5.14. The zero-order chi connectivity index (χ0) is 26.1. The SMILES string of the molecule is CCn1c(CO)nn(-c2nc(O[C@@H](C)C(F)(F)F)c(C(=O)Cc3cc(F)cnc3Cl)cc2F)c1=O.S. The van der Waals surface area contributed by atoms with Crippen molar-refractivity contribution in [2.45, 2.75) is 45.7 Å². The number of ketones is 1. The van der Waals surface area contributed by atoms with E-state index in [0.29, 0.717) is 17.7 Å². The van der Waals surface area contributed by atoms with E-state index >= 15 is 0 Å². The van der Waals surface area contributed by atoms with E-state index in [2.05, 4.69) is 15.1 Å². The van der Waals surface area contributed by atoms with Gasteiger partial charge < -0.3 is 9.84 Å². The quantitative estimate of drug-likeness (QED) is 0.258. The molecule has 0 aliphatic carbocycles. The van der Waals surface area contributed by atoms with Crippen LogP contribution in [0, 0.1) is 11.6 Å². The molecule has 16 heteroatoms. The molecular formula is C20H19ClF5N5O4S. The monoisotopic (exact) mass is 555 g/mol. The van der Waals surface area contributed by atoms with Crippen molar-refractivity contribution in [1.29, 1.82) is 0 Å². The average molecular weight is 556 g/mol. The van der Waals surface area contributed by atoms with E-state index in [1.807, 2.05) is 0 Å². The smallest absolute Gasteiger partial charge is 0.425 e. The topological polar surface area (TPSA) is 112 Å². The largest absolute Gasteiger partial charge is 0.464 e. The molecule has 0 unspecified atom stereocenters. The number of ether oxygens (including phenoxy) is 1. The van der Waals surface area contributed by atoms with Crippen LogP contribution in [0.5, 0.6) is 5.88 Å². The Kier molecular flexibility index (Phi) is 9.20. The zero-order valence-electron chi connectivity index (χ0n) is 18.6. The highest BCUT2D eigenvalue weighted by Gasteiger charge is 2.39. The Hall–Kier alpha value is -3.04. The van der Waals surface area contributed by atoms with Crippen LogP contribution in [0.3, 0.4) is 0 Å². The number of Topliss-reactive ketones (excluding diaryl/α,β-unsaturated/α-hetero) is 1. The lowest BCUT2D eigenvalue weighted by molar-refractivity contribution is -0.190. The van der Waals surface area contributed by atoms with Gasteiger partial charge in [0.25, 0.3) is 0 Å². The number of pyridine rings is 2. The van der Waals surface area contributed by atoms with Gasteiger partial charge in [0.2, 0.25) is 5.88 Å². The molecule has 0 aliphatic rings. The van der Waals surface area contributed by atoms with Crippen molar-refractivity contribution in [2.75, 3.05) is 0 Å². The van der Waals surface area contributed by atoms with E-state index < -0.39 is 65.7 Å².